The number of hydrogen-bond acceptors (Lipinski definition) is 4. The van der Waals surface area contributed by atoms with Crippen LogP contribution in [0.5, 0.6) is 5.75 Å². The maximum absolute atomic E-state index is 12.8. The zero-order valence-corrected chi connectivity index (χ0v) is 13.7. The molecule has 0 bridgehead atoms. The molecule has 9 heteroatoms. The summed E-state index contributed by atoms with van der Waals surface area (Å²) in [6.07, 6.45) is -4.47. The van der Waals surface area contributed by atoms with Gasteiger partial charge in [0.2, 0.25) is 0 Å². The van der Waals surface area contributed by atoms with Gasteiger partial charge in [0, 0.05) is 6.07 Å². The molecule has 24 heavy (non-hydrogen) atoms. The number of rotatable bonds is 2. The van der Waals surface area contributed by atoms with Crippen LogP contribution < -0.4 is 9.64 Å². The minimum absolute atomic E-state index is 0.0448. The molecule has 0 unspecified atom stereocenters. The van der Waals surface area contributed by atoms with Gasteiger partial charge in [-0.1, -0.05) is 11.6 Å². The molecule has 4 nitrogen and oxygen atoms in total. The van der Waals surface area contributed by atoms with Crippen molar-refractivity contribution in [2.24, 2.45) is 0 Å². The van der Waals surface area contributed by atoms with Crippen LogP contribution in [0.1, 0.15) is 5.56 Å². The third-order valence-corrected chi connectivity index (χ3v) is 4.59. The molecule has 1 aliphatic heterocycles. The van der Waals surface area contributed by atoms with Gasteiger partial charge >= 0.3 is 6.18 Å². The first-order valence-electron chi connectivity index (χ1n) is 6.83. The van der Waals surface area contributed by atoms with Crippen LogP contribution in [-0.4, -0.2) is 21.6 Å². The van der Waals surface area contributed by atoms with Gasteiger partial charge in [-0.15, -0.1) is 0 Å². The second-order valence-electron chi connectivity index (χ2n) is 5.07. The summed E-state index contributed by atoms with van der Waals surface area (Å²) >= 11 is 6.04. The standard InChI is InChI=1S/C15H11ClF3NO3S/c16-11-7-9(15(17,18)19)1-3-12(11)20-5-6-23-14-8-10(24(21)22)2-4-13(14)20/h1-4,7-8,24H,5-6H2. The molecule has 0 atom stereocenters. The van der Waals surface area contributed by atoms with Gasteiger partial charge in [0.25, 0.3) is 0 Å². The molecule has 0 saturated carbocycles. The highest BCUT2D eigenvalue weighted by Gasteiger charge is 2.32. The van der Waals surface area contributed by atoms with E-state index < -0.39 is 22.4 Å². The quantitative estimate of drug-likeness (QED) is 0.807. The van der Waals surface area contributed by atoms with E-state index in [2.05, 4.69) is 0 Å². The Morgan fingerprint density at radius 3 is 2.42 bits per heavy atom. The smallest absolute Gasteiger partial charge is 0.416 e. The summed E-state index contributed by atoms with van der Waals surface area (Å²) in [5.74, 6) is 0.342. The van der Waals surface area contributed by atoms with Gasteiger partial charge in [-0.2, -0.15) is 13.2 Å². The molecule has 0 N–H and O–H groups in total. The Bertz CT molecular complexity index is 860. The van der Waals surface area contributed by atoms with Gasteiger partial charge in [0.1, 0.15) is 12.4 Å². The van der Waals surface area contributed by atoms with Crippen LogP contribution in [0.25, 0.3) is 0 Å². The summed E-state index contributed by atoms with van der Waals surface area (Å²) in [4.78, 5) is 1.80. The van der Waals surface area contributed by atoms with Crippen LogP contribution in [0.2, 0.25) is 5.02 Å². The number of hydrogen-bond donors (Lipinski definition) is 1. The molecule has 2 aromatic carbocycles. The lowest BCUT2D eigenvalue weighted by Crippen LogP contribution is -2.29. The van der Waals surface area contributed by atoms with E-state index in [1.54, 1.807) is 11.0 Å². The van der Waals surface area contributed by atoms with E-state index in [0.717, 1.165) is 12.1 Å². The number of anilines is 2. The zero-order chi connectivity index (χ0) is 17.5. The normalized spacial score (nSPS) is 14.5. The second kappa shape index (κ2) is 6.18. The number of nitrogens with zero attached hydrogens (tertiary/aromatic N) is 1. The summed E-state index contributed by atoms with van der Waals surface area (Å²) in [5, 5.41) is -0.0448. The fraction of sp³-hybridized carbons (Fsp3) is 0.200. The predicted octanol–water partition coefficient (Wildman–Crippen LogP) is 3.86. The third-order valence-electron chi connectivity index (χ3n) is 3.58. The van der Waals surface area contributed by atoms with Crippen LogP contribution in [0, 0.1) is 0 Å². The summed E-state index contributed by atoms with van der Waals surface area (Å²) in [7, 11) is -2.75. The molecule has 0 saturated heterocycles. The molecule has 0 radical (unpaired) electrons. The van der Waals surface area contributed by atoms with Crippen LogP contribution >= 0.6 is 11.6 Å². The predicted molar refractivity (Wildman–Crippen MR) is 84.0 cm³/mol. The van der Waals surface area contributed by atoms with Gasteiger partial charge < -0.3 is 9.64 Å². The van der Waals surface area contributed by atoms with E-state index in [1.807, 2.05) is 0 Å². The van der Waals surface area contributed by atoms with Crippen molar-refractivity contribution >= 4 is 33.7 Å². The first-order valence-corrected chi connectivity index (χ1v) is 8.38. The molecule has 0 spiro atoms. The minimum Gasteiger partial charge on any atom is -0.489 e. The topological polar surface area (TPSA) is 46.6 Å². The van der Waals surface area contributed by atoms with Crippen LogP contribution in [-0.2, 0) is 16.9 Å². The van der Waals surface area contributed by atoms with Crippen LogP contribution in [0.15, 0.2) is 41.3 Å². The molecule has 0 fully saturated rings. The highest BCUT2D eigenvalue weighted by Crippen LogP contribution is 2.42. The average Bonchev–Trinajstić information content (AvgIpc) is 2.53. The van der Waals surface area contributed by atoms with Crippen molar-refractivity contribution in [3.63, 3.8) is 0 Å². The molecule has 0 aliphatic carbocycles. The Hall–Kier alpha value is -1.93. The Balaban J connectivity index is 2.04. The number of halogens is 4. The first-order chi connectivity index (χ1) is 11.3. The Morgan fingerprint density at radius 1 is 1.08 bits per heavy atom. The second-order valence-corrected chi connectivity index (χ2v) is 6.51. The van der Waals surface area contributed by atoms with Gasteiger partial charge in [-0.3, -0.25) is 0 Å². The monoisotopic (exact) mass is 377 g/mol. The third kappa shape index (κ3) is 3.16. The Morgan fingerprint density at radius 2 is 1.79 bits per heavy atom. The maximum Gasteiger partial charge on any atom is 0.416 e. The van der Waals surface area contributed by atoms with Crippen LogP contribution in [0.4, 0.5) is 24.5 Å². The molecule has 3 rings (SSSR count). The van der Waals surface area contributed by atoms with E-state index in [-0.39, 0.29) is 16.5 Å². The first kappa shape index (κ1) is 16.9. The zero-order valence-electron chi connectivity index (χ0n) is 12.0. The molecule has 0 aromatic heterocycles. The van der Waals surface area contributed by atoms with E-state index >= 15 is 0 Å². The van der Waals surface area contributed by atoms with Crippen molar-refractivity contribution < 1.29 is 26.3 Å². The van der Waals surface area contributed by atoms with Gasteiger partial charge in [0.15, 0.2) is 10.7 Å². The fourth-order valence-corrected chi connectivity index (χ4v) is 3.18. The SMILES string of the molecule is O=[SH](=O)c1ccc2c(c1)OCCN2c1ccc(C(F)(F)F)cc1Cl. The van der Waals surface area contributed by atoms with Crippen molar-refractivity contribution in [3.8, 4) is 5.75 Å². The van der Waals surface area contributed by atoms with Crippen molar-refractivity contribution in [1.82, 2.24) is 0 Å². The van der Waals surface area contributed by atoms with Crippen LogP contribution in [0.3, 0.4) is 0 Å². The minimum atomic E-state index is -4.47. The van der Waals surface area contributed by atoms with Gasteiger partial charge in [0.05, 0.1) is 33.4 Å². The molecular weight excluding hydrogens is 367 g/mol. The van der Waals surface area contributed by atoms with E-state index in [1.165, 1.54) is 18.2 Å². The molecule has 1 heterocycles. The van der Waals surface area contributed by atoms with Crippen molar-refractivity contribution in [2.45, 2.75) is 11.1 Å². The lowest BCUT2D eigenvalue weighted by atomic mass is 10.1. The molecule has 1 aliphatic rings. The fourth-order valence-electron chi connectivity index (χ4n) is 2.47. The van der Waals surface area contributed by atoms with E-state index in [9.17, 15) is 21.6 Å². The lowest BCUT2D eigenvalue weighted by Gasteiger charge is -2.32. The highest BCUT2D eigenvalue weighted by atomic mass is 35.5. The summed E-state index contributed by atoms with van der Waals surface area (Å²) in [5.41, 5.74) is 0.111. The maximum atomic E-state index is 12.8. The van der Waals surface area contributed by atoms with Crippen molar-refractivity contribution in [3.05, 3.63) is 47.0 Å². The number of ether oxygens (including phenoxy) is 1. The van der Waals surface area contributed by atoms with Gasteiger partial charge in [-0.25, -0.2) is 8.42 Å². The van der Waals surface area contributed by atoms with E-state index in [4.69, 9.17) is 16.3 Å². The number of thiol groups is 1. The molecule has 2 aromatic rings. The molecule has 0 amide bonds. The Labute approximate surface area is 142 Å². The van der Waals surface area contributed by atoms with Crippen molar-refractivity contribution in [2.75, 3.05) is 18.1 Å². The number of benzene rings is 2. The number of fused-ring (bicyclic) bond motifs is 1. The lowest BCUT2D eigenvalue weighted by molar-refractivity contribution is -0.137. The largest absolute Gasteiger partial charge is 0.489 e. The Kier molecular flexibility index (Phi) is 4.35. The number of alkyl halides is 3. The van der Waals surface area contributed by atoms with Gasteiger partial charge in [-0.05, 0) is 30.3 Å². The average molecular weight is 378 g/mol. The molecular formula is C15H11ClF3NO3S. The molecule has 128 valence electrons. The highest BCUT2D eigenvalue weighted by molar-refractivity contribution is 7.72. The summed E-state index contributed by atoms with van der Waals surface area (Å²) in [6, 6.07) is 7.45. The van der Waals surface area contributed by atoms with Crippen molar-refractivity contribution in [1.29, 1.82) is 0 Å². The summed E-state index contributed by atoms with van der Waals surface area (Å²) < 4.78 is 65.8. The van der Waals surface area contributed by atoms with E-state index in [0.29, 0.717) is 23.7 Å². The summed E-state index contributed by atoms with van der Waals surface area (Å²) in [6.45, 7) is 0.629.